The topological polar surface area (TPSA) is 72.1 Å². The summed E-state index contributed by atoms with van der Waals surface area (Å²) in [6.07, 6.45) is 0.718. The lowest BCUT2D eigenvalue weighted by molar-refractivity contribution is -0.131. The van der Waals surface area contributed by atoms with E-state index in [4.69, 9.17) is 4.52 Å². The quantitative estimate of drug-likeness (QED) is 0.460. The molecule has 29 heavy (non-hydrogen) atoms. The molecule has 2 aromatic carbocycles. The Kier molecular flexibility index (Phi) is 5.40. The minimum atomic E-state index is -0.0919. The van der Waals surface area contributed by atoms with Gasteiger partial charge in [-0.25, -0.2) is 4.98 Å². The molecule has 4 aromatic rings. The molecule has 2 aromatic heterocycles. The molecule has 2 heterocycles. The minimum Gasteiger partial charge on any atom is -0.339 e. The first-order valence-electron chi connectivity index (χ1n) is 9.52. The fraction of sp³-hybridized carbons (Fsp3) is 0.273. The summed E-state index contributed by atoms with van der Waals surface area (Å²) in [6, 6.07) is 15.9. The number of amides is 1. The van der Waals surface area contributed by atoms with Gasteiger partial charge < -0.3 is 9.42 Å². The fourth-order valence-corrected chi connectivity index (χ4v) is 4.08. The lowest BCUT2D eigenvalue weighted by Crippen LogP contribution is -2.29. The predicted octanol–water partition coefficient (Wildman–Crippen LogP) is 4.81. The van der Waals surface area contributed by atoms with Gasteiger partial charge in [0.1, 0.15) is 5.01 Å². The largest absolute Gasteiger partial charge is 0.339 e. The van der Waals surface area contributed by atoms with Gasteiger partial charge in [0.15, 0.2) is 0 Å². The van der Waals surface area contributed by atoms with E-state index in [9.17, 15) is 4.79 Å². The summed E-state index contributed by atoms with van der Waals surface area (Å²) in [4.78, 5) is 23.5. The van der Waals surface area contributed by atoms with Crippen molar-refractivity contribution in [2.45, 2.75) is 32.7 Å². The number of rotatable bonds is 6. The number of carbonyl (C=O) groups excluding carboxylic acids is 1. The van der Waals surface area contributed by atoms with Crippen molar-refractivity contribution in [1.82, 2.24) is 20.0 Å². The van der Waals surface area contributed by atoms with Crippen LogP contribution in [0.15, 0.2) is 53.1 Å². The summed E-state index contributed by atoms with van der Waals surface area (Å²) in [5.41, 5.74) is 3.04. The van der Waals surface area contributed by atoms with Crippen LogP contribution in [0.2, 0.25) is 0 Å². The van der Waals surface area contributed by atoms with Gasteiger partial charge in [-0.1, -0.05) is 47.1 Å². The maximum atomic E-state index is 12.7. The Labute approximate surface area is 173 Å². The molecule has 0 bridgehead atoms. The normalized spacial score (nSPS) is 12.2. The number of thiazole rings is 1. The molecule has 0 saturated carbocycles. The number of fused-ring (bicyclic) bond motifs is 1. The van der Waals surface area contributed by atoms with Crippen LogP contribution in [0, 0.1) is 6.92 Å². The zero-order valence-electron chi connectivity index (χ0n) is 16.6. The molecule has 0 unspecified atom stereocenters. The molecule has 0 saturated heterocycles. The van der Waals surface area contributed by atoms with Gasteiger partial charge in [0.25, 0.3) is 0 Å². The summed E-state index contributed by atoms with van der Waals surface area (Å²) in [6.45, 7) is 4.03. The van der Waals surface area contributed by atoms with Crippen molar-refractivity contribution in [1.29, 1.82) is 0 Å². The Hall–Kier alpha value is -3.06. The van der Waals surface area contributed by atoms with Crippen LogP contribution in [0.4, 0.5) is 0 Å². The van der Waals surface area contributed by atoms with Crippen LogP contribution in [-0.2, 0) is 11.2 Å². The highest BCUT2D eigenvalue weighted by Gasteiger charge is 2.21. The van der Waals surface area contributed by atoms with Crippen molar-refractivity contribution < 1.29 is 9.32 Å². The molecule has 7 heteroatoms. The van der Waals surface area contributed by atoms with Crippen LogP contribution in [-0.4, -0.2) is 33.0 Å². The maximum absolute atomic E-state index is 12.7. The number of hydrogen-bond acceptors (Lipinski definition) is 6. The number of nitrogens with zero attached hydrogens (tertiary/aromatic N) is 4. The Morgan fingerprint density at radius 2 is 1.90 bits per heavy atom. The molecule has 0 fully saturated rings. The van der Waals surface area contributed by atoms with Crippen molar-refractivity contribution in [2.75, 3.05) is 7.05 Å². The number of para-hydroxylation sites is 1. The van der Waals surface area contributed by atoms with E-state index >= 15 is 0 Å². The molecule has 148 valence electrons. The monoisotopic (exact) mass is 406 g/mol. The summed E-state index contributed by atoms with van der Waals surface area (Å²) < 4.78 is 6.45. The van der Waals surface area contributed by atoms with E-state index in [0.717, 1.165) is 20.8 Å². The van der Waals surface area contributed by atoms with Gasteiger partial charge in [-0.3, -0.25) is 4.79 Å². The second-order valence-corrected chi connectivity index (χ2v) is 8.14. The number of hydrogen-bond donors (Lipinski definition) is 0. The molecule has 4 rings (SSSR count). The minimum absolute atomic E-state index is 0.0202. The smallest absolute Gasteiger partial charge is 0.227 e. The zero-order chi connectivity index (χ0) is 20.4. The fourth-order valence-electron chi connectivity index (χ4n) is 3.02. The van der Waals surface area contributed by atoms with E-state index in [1.165, 1.54) is 5.56 Å². The summed E-state index contributed by atoms with van der Waals surface area (Å²) >= 11 is 1.62. The van der Waals surface area contributed by atoms with E-state index in [1.807, 2.05) is 69.4 Å². The third-order valence-corrected chi connectivity index (χ3v) is 6.18. The first-order valence-corrected chi connectivity index (χ1v) is 10.3. The standard InChI is InChI=1S/C22H22N4O2S/c1-14-8-10-16(11-9-14)21-24-19(28-25-21)12-13-20(27)26(3)15(2)22-23-17-6-4-5-7-18(17)29-22/h4-11,15H,12-13H2,1-3H3/t15-/m1/s1. The van der Waals surface area contributed by atoms with Crippen LogP contribution >= 0.6 is 11.3 Å². The van der Waals surface area contributed by atoms with Gasteiger partial charge in [0.05, 0.1) is 16.3 Å². The van der Waals surface area contributed by atoms with E-state index in [2.05, 4.69) is 15.1 Å². The number of aromatic nitrogens is 3. The summed E-state index contributed by atoms with van der Waals surface area (Å²) in [7, 11) is 1.81. The highest BCUT2D eigenvalue weighted by atomic mass is 32.1. The molecule has 0 spiro atoms. The highest BCUT2D eigenvalue weighted by Crippen LogP contribution is 2.29. The number of aryl methyl sites for hydroxylation is 2. The SMILES string of the molecule is Cc1ccc(-c2noc(CCC(=O)N(C)[C@H](C)c3nc4ccccc4s3)n2)cc1. The van der Waals surface area contributed by atoms with Crippen LogP contribution in [0.5, 0.6) is 0 Å². The Bertz CT molecular complexity index is 1100. The molecular weight excluding hydrogens is 384 g/mol. The first kappa shape index (κ1) is 19.3. The second kappa shape index (κ2) is 8.13. The summed E-state index contributed by atoms with van der Waals surface area (Å²) in [5.74, 6) is 1.03. The van der Waals surface area contributed by atoms with E-state index < -0.39 is 0 Å². The maximum Gasteiger partial charge on any atom is 0.227 e. The number of carbonyl (C=O) groups is 1. The molecule has 0 radical (unpaired) electrons. The molecule has 0 aliphatic heterocycles. The third kappa shape index (κ3) is 4.19. The van der Waals surface area contributed by atoms with Crippen molar-refractivity contribution >= 4 is 27.5 Å². The van der Waals surface area contributed by atoms with Crippen LogP contribution in [0.3, 0.4) is 0 Å². The van der Waals surface area contributed by atoms with Gasteiger partial charge in [-0.05, 0) is 26.0 Å². The summed E-state index contributed by atoms with van der Waals surface area (Å²) in [5, 5.41) is 4.96. The first-order chi connectivity index (χ1) is 14.0. The second-order valence-electron chi connectivity index (χ2n) is 7.08. The molecule has 1 atom stereocenters. The third-order valence-electron chi connectivity index (χ3n) is 4.97. The van der Waals surface area contributed by atoms with Crippen LogP contribution < -0.4 is 0 Å². The number of benzene rings is 2. The van der Waals surface area contributed by atoms with Gasteiger partial charge in [0, 0.05) is 25.5 Å². The van der Waals surface area contributed by atoms with Crippen molar-refractivity contribution in [3.63, 3.8) is 0 Å². The zero-order valence-corrected chi connectivity index (χ0v) is 17.4. The lowest BCUT2D eigenvalue weighted by atomic mass is 10.1. The van der Waals surface area contributed by atoms with Crippen LogP contribution in [0.25, 0.3) is 21.6 Å². The van der Waals surface area contributed by atoms with Crippen molar-refractivity contribution in [2.24, 2.45) is 0 Å². The van der Waals surface area contributed by atoms with Gasteiger partial charge in [-0.15, -0.1) is 11.3 Å². The van der Waals surface area contributed by atoms with E-state index in [0.29, 0.717) is 24.6 Å². The van der Waals surface area contributed by atoms with Gasteiger partial charge in [0.2, 0.25) is 17.6 Å². The van der Waals surface area contributed by atoms with Gasteiger partial charge >= 0.3 is 0 Å². The average molecular weight is 407 g/mol. The Balaban J connectivity index is 1.38. The predicted molar refractivity (Wildman–Crippen MR) is 114 cm³/mol. The lowest BCUT2D eigenvalue weighted by Gasteiger charge is -2.23. The molecule has 0 aliphatic carbocycles. The molecule has 1 amide bonds. The van der Waals surface area contributed by atoms with Gasteiger partial charge in [-0.2, -0.15) is 4.98 Å². The molecule has 6 nitrogen and oxygen atoms in total. The average Bonchev–Trinajstić information content (AvgIpc) is 3.38. The molecular formula is C22H22N4O2S. The Morgan fingerprint density at radius 1 is 1.14 bits per heavy atom. The van der Waals surface area contributed by atoms with Crippen LogP contribution in [0.1, 0.15) is 35.8 Å². The van der Waals surface area contributed by atoms with E-state index in [-0.39, 0.29) is 11.9 Å². The van der Waals surface area contributed by atoms with E-state index in [1.54, 1.807) is 16.2 Å². The molecule has 0 aliphatic rings. The Morgan fingerprint density at radius 3 is 2.66 bits per heavy atom. The molecule has 0 N–H and O–H groups in total. The van der Waals surface area contributed by atoms with Crippen molar-refractivity contribution in [3.05, 3.63) is 65.0 Å². The highest BCUT2D eigenvalue weighted by molar-refractivity contribution is 7.18. The van der Waals surface area contributed by atoms with Crippen molar-refractivity contribution in [3.8, 4) is 11.4 Å².